The SMILES string of the molecule is O=C(O)C(O)C(O)(COCO)C(=O)O. The highest BCUT2D eigenvalue weighted by Crippen LogP contribution is 2.12. The van der Waals surface area contributed by atoms with Crippen molar-refractivity contribution in [2.75, 3.05) is 13.4 Å². The third-order valence-corrected chi connectivity index (χ3v) is 1.47. The molecule has 8 nitrogen and oxygen atoms in total. The average Bonchev–Trinajstić information content (AvgIpc) is 2.12. The summed E-state index contributed by atoms with van der Waals surface area (Å²) < 4.78 is 4.13. The van der Waals surface area contributed by atoms with E-state index in [0.717, 1.165) is 0 Å². The minimum atomic E-state index is -2.98. The van der Waals surface area contributed by atoms with E-state index in [2.05, 4.69) is 4.74 Å². The Morgan fingerprint density at radius 1 is 1.36 bits per heavy atom. The Labute approximate surface area is 78.0 Å². The second-order valence-corrected chi connectivity index (χ2v) is 2.45. The fraction of sp³-hybridized carbons (Fsp3) is 0.667. The van der Waals surface area contributed by atoms with Gasteiger partial charge in [0.25, 0.3) is 0 Å². The number of carbonyl (C=O) groups is 2. The summed E-state index contributed by atoms with van der Waals surface area (Å²) in [5.74, 6) is -3.86. The molecule has 82 valence electrons. The van der Waals surface area contributed by atoms with Gasteiger partial charge in [0.15, 0.2) is 6.10 Å². The number of carboxylic acid groups (broad SMARTS) is 2. The number of aliphatic hydroxyl groups is 3. The van der Waals surface area contributed by atoms with Gasteiger partial charge in [-0.05, 0) is 0 Å². The highest BCUT2D eigenvalue weighted by atomic mass is 16.6. The first kappa shape index (κ1) is 12.8. The van der Waals surface area contributed by atoms with Gasteiger partial charge in [-0.2, -0.15) is 0 Å². The summed E-state index contributed by atoms with van der Waals surface area (Å²) in [7, 11) is 0. The molecule has 0 aliphatic rings. The quantitative estimate of drug-likeness (QED) is 0.296. The van der Waals surface area contributed by atoms with Crippen molar-refractivity contribution in [1.82, 2.24) is 0 Å². The van der Waals surface area contributed by atoms with E-state index >= 15 is 0 Å². The molecule has 0 aliphatic heterocycles. The number of aliphatic carboxylic acids is 2. The van der Waals surface area contributed by atoms with E-state index in [9.17, 15) is 14.7 Å². The molecular weight excluding hydrogens is 200 g/mol. The van der Waals surface area contributed by atoms with Crippen molar-refractivity contribution in [3.05, 3.63) is 0 Å². The molecule has 0 fully saturated rings. The Kier molecular flexibility index (Phi) is 4.44. The fourth-order valence-electron chi connectivity index (χ4n) is 0.663. The minimum absolute atomic E-state index is 0.901. The van der Waals surface area contributed by atoms with Crippen LogP contribution in [0.15, 0.2) is 0 Å². The molecular formula is C6H10O8. The molecule has 0 amide bonds. The zero-order valence-corrected chi connectivity index (χ0v) is 6.95. The smallest absolute Gasteiger partial charge is 0.341 e. The number of hydrogen-bond acceptors (Lipinski definition) is 6. The van der Waals surface area contributed by atoms with Crippen LogP contribution >= 0.6 is 0 Å². The second kappa shape index (κ2) is 4.86. The van der Waals surface area contributed by atoms with Gasteiger partial charge in [0, 0.05) is 0 Å². The Morgan fingerprint density at radius 2 is 1.86 bits per heavy atom. The monoisotopic (exact) mass is 210 g/mol. The molecule has 0 heterocycles. The predicted molar refractivity (Wildman–Crippen MR) is 39.3 cm³/mol. The summed E-state index contributed by atoms with van der Waals surface area (Å²) in [6.45, 7) is -1.94. The molecule has 0 saturated carbocycles. The van der Waals surface area contributed by atoms with Gasteiger partial charge in [-0.15, -0.1) is 0 Å². The Morgan fingerprint density at radius 3 is 2.14 bits per heavy atom. The van der Waals surface area contributed by atoms with Crippen molar-refractivity contribution in [2.24, 2.45) is 0 Å². The van der Waals surface area contributed by atoms with Crippen LogP contribution in [0.3, 0.4) is 0 Å². The van der Waals surface area contributed by atoms with Crippen LogP contribution in [0, 0.1) is 0 Å². The maximum Gasteiger partial charge on any atom is 0.341 e. The van der Waals surface area contributed by atoms with E-state index in [0.29, 0.717) is 0 Å². The van der Waals surface area contributed by atoms with Crippen molar-refractivity contribution >= 4 is 11.9 Å². The first-order valence-electron chi connectivity index (χ1n) is 3.41. The van der Waals surface area contributed by atoms with Crippen molar-refractivity contribution in [2.45, 2.75) is 11.7 Å². The summed E-state index contributed by atoms with van der Waals surface area (Å²) in [4.78, 5) is 20.7. The normalized spacial score (nSPS) is 17.1. The summed E-state index contributed by atoms with van der Waals surface area (Å²) in [5, 5.41) is 42.9. The van der Waals surface area contributed by atoms with Crippen molar-refractivity contribution in [3.8, 4) is 0 Å². The van der Waals surface area contributed by atoms with Gasteiger partial charge >= 0.3 is 11.9 Å². The summed E-state index contributed by atoms with van der Waals surface area (Å²) in [6.07, 6.45) is -2.54. The highest BCUT2D eigenvalue weighted by Gasteiger charge is 2.48. The van der Waals surface area contributed by atoms with Crippen molar-refractivity contribution < 1.29 is 39.9 Å². The van der Waals surface area contributed by atoms with Crippen LogP contribution in [0.5, 0.6) is 0 Å². The predicted octanol–water partition coefficient (Wildman–Crippen LogP) is -2.79. The Hall–Kier alpha value is -1.22. The average molecular weight is 210 g/mol. The Bertz CT molecular complexity index is 226. The number of carboxylic acids is 2. The number of hydrogen-bond donors (Lipinski definition) is 5. The minimum Gasteiger partial charge on any atom is -0.479 e. The third kappa shape index (κ3) is 2.64. The molecule has 8 heteroatoms. The molecule has 0 aromatic carbocycles. The molecule has 2 unspecified atom stereocenters. The van der Waals surface area contributed by atoms with Gasteiger partial charge in [0.05, 0.1) is 6.61 Å². The van der Waals surface area contributed by atoms with E-state index < -0.39 is 37.0 Å². The van der Waals surface area contributed by atoms with Gasteiger partial charge < -0.3 is 30.3 Å². The fourth-order valence-corrected chi connectivity index (χ4v) is 0.663. The van der Waals surface area contributed by atoms with E-state index in [-0.39, 0.29) is 0 Å². The maximum atomic E-state index is 10.4. The molecule has 5 N–H and O–H groups in total. The van der Waals surface area contributed by atoms with Crippen LogP contribution in [0.1, 0.15) is 0 Å². The lowest BCUT2D eigenvalue weighted by molar-refractivity contribution is -0.196. The Balaban J connectivity index is 4.70. The zero-order valence-electron chi connectivity index (χ0n) is 6.95. The van der Waals surface area contributed by atoms with Gasteiger partial charge in [0.2, 0.25) is 5.60 Å². The number of aliphatic hydroxyl groups excluding tert-OH is 2. The van der Waals surface area contributed by atoms with E-state index in [1.807, 2.05) is 0 Å². The van der Waals surface area contributed by atoms with Gasteiger partial charge in [-0.25, -0.2) is 9.59 Å². The molecule has 0 spiro atoms. The van der Waals surface area contributed by atoms with E-state index in [1.165, 1.54) is 0 Å². The lowest BCUT2D eigenvalue weighted by Crippen LogP contribution is -2.56. The topological polar surface area (TPSA) is 145 Å². The summed E-state index contributed by atoms with van der Waals surface area (Å²) in [5.41, 5.74) is -2.98. The lowest BCUT2D eigenvalue weighted by atomic mass is 9.98. The molecule has 0 aromatic heterocycles. The van der Waals surface area contributed by atoms with Crippen LogP contribution in [0.4, 0.5) is 0 Å². The lowest BCUT2D eigenvalue weighted by Gasteiger charge is -2.25. The highest BCUT2D eigenvalue weighted by molar-refractivity contribution is 5.87. The first-order valence-corrected chi connectivity index (χ1v) is 3.41. The largest absolute Gasteiger partial charge is 0.479 e. The summed E-state index contributed by atoms with van der Waals surface area (Å²) in [6, 6.07) is 0. The van der Waals surface area contributed by atoms with Crippen molar-refractivity contribution in [3.63, 3.8) is 0 Å². The van der Waals surface area contributed by atoms with Crippen LogP contribution < -0.4 is 0 Å². The van der Waals surface area contributed by atoms with E-state index in [4.69, 9.17) is 20.4 Å². The molecule has 14 heavy (non-hydrogen) atoms. The van der Waals surface area contributed by atoms with Gasteiger partial charge in [0.1, 0.15) is 6.79 Å². The molecule has 0 aliphatic carbocycles. The molecule has 0 radical (unpaired) electrons. The molecule has 0 rings (SSSR count). The molecule has 2 atom stereocenters. The van der Waals surface area contributed by atoms with Crippen LogP contribution in [0.25, 0.3) is 0 Å². The van der Waals surface area contributed by atoms with E-state index in [1.54, 1.807) is 0 Å². The number of rotatable bonds is 6. The molecule has 0 aromatic rings. The second-order valence-electron chi connectivity index (χ2n) is 2.45. The zero-order chi connectivity index (χ0) is 11.4. The first-order chi connectivity index (χ1) is 6.36. The maximum absolute atomic E-state index is 10.4. The van der Waals surface area contributed by atoms with Crippen LogP contribution in [-0.2, 0) is 14.3 Å². The number of ether oxygens (including phenoxy) is 1. The van der Waals surface area contributed by atoms with Crippen LogP contribution in [-0.4, -0.2) is 62.6 Å². The van der Waals surface area contributed by atoms with Gasteiger partial charge in [-0.3, -0.25) is 0 Å². The van der Waals surface area contributed by atoms with Gasteiger partial charge in [-0.1, -0.05) is 0 Å². The van der Waals surface area contributed by atoms with Crippen LogP contribution in [0.2, 0.25) is 0 Å². The standard InChI is InChI=1S/C6H10O8/c7-2-14-1-6(13,5(11)12)3(8)4(9)10/h3,7-8,13H,1-2H2,(H,9,10)(H,11,12). The third-order valence-electron chi connectivity index (χ3n) is 1.47. The van der Waals surface area contributed by atoms with Crippen molar-refractivity contribution in [1.29, 1.82) is 0 Å². The molecule has 0 bridgehead atoms. The molecule has 0 saturated heterocycles. The summed E-state index contributed by atoms with van der Waals surface area (Å²) >= 11 is 0.